The van der Waals surface area contributed by atoms with Crippen molar-refractivity contribution in [1.29, 1.82) is 0 Å². The van der Waals surface area contributed by atoms with Crippen molar-refractivity contribution in [3.8, 4) is 0 Å². The molecule has 0 bridgehead atoms. The summed E-state index contributed by atoms with van der Waals surface area (Å²) in [5, 5.41) is 5.78. The minimum absolute atomic E-state index is 0.170. The van der Waals surface area contributed by atoms with E-state index in [1.54, 1.807) is 20.8 Å². The first kappa shape index (κ1) is 28.9. The van der Waals surface area contributed by atoms with Crippen molar-refractivity contribution in [2.75, 3.05) is 11.9 Å². The maximum atomic E-state index is 14.0. The van der Waals surface area contributed by atoms with Crippen LogP contribution in [0.1, 0.15) is 70.7 Å². The number of anilines is 1. The molecule has 2 rings (SSSR count). The SMILES string of the molecule is CCC(C)C(NC(=O)OC(C)(C)C)C(=O)N(CC)C(C(=O)Nc1ccccc1C)c1cccc(C)c1. The van der Waals surface area contributed by atoms with Crippen LogP contribution in [0, 0.1) is 19.8 Å². The van der Waals surface area contributed by atoms with Crippen molar-refractivity contribution < 1.29 is 19.1 Å². The van der Waals surface area contributed by atoms with Crippen molar-refractivity contribution in [3.05, 3.63) is 65.2 Å². The summed E-state index contributed by atoms with van der Waals surface area (Å²) in [5.74, 6) is -0.814. The molecule has 3 amide bonds. The number of amides is 3. The zero-order valence-electron chi connectivity index (χ0n) is 22.8. The van der Waals surface area contributed by atoms with Crippen LogP contribution in [-0.2, 0) is 14.3 Å². The van der Waals surface area contributed by atoms with Crippen LogP contribution in [0.5, 0.6) is 0 Å². The highest BCUT2D eigenvalue weighted by atomic mass is 16.6. The Morgan fingerprint density at radius 3 is 2.22 bits per heavy atom. The highest BCUT2D eigenvalue weighted by molar-refractivity contribution is 5.99. The maximum Gasteiger partial charge on any atom is 0.408 e. The Labute approximate surface area is 215 Å². The van der Waals surface area contributed by atoms with Crippen molar-refractivity contribution >= 4 is 23.6 Å². The molecule has 7 nitrogen and oxygen atoms in total. The van der Waals surface area contributed by atoms with Gasteiger partial charge in [0.1, 0.15) is 17.7 Å². The molecule has 0 aliphatic carbocycles. The third-order valence-corrected chi connectivity index (χ3v) is 6.10. The van der Waals surface area contributed by atoms with Crippen LogP contribution >= 0.6 is 0 Å². The molecule has 0 radical (unpaired) electrons. The van der Waals surface area contributed by atoms with Crippen molar-refractivity contribution in [2.45, 2.75) is 79.5 Å². The van der Waals surface area contributed by atoms with Gasteiger partial charge in [0.15, 0.2) is 0 Å². The van der Waals surface area contributed by atoms with E-state index in [0.717, 1.165) is 11.1 Å². The van der Waals surface area contributed by atoms with E-state index in [1.165, 1.54) is 4.90 Å². The largest absolute Gasteiger partial charge is 0.444 e. The van der Waals surface area contributed by atoms with Crippen LogP contribution in [0.4, 0.5) is 10.5 Å². The van der Waals surface area contributed by atoms with Gasteiger partial charge in [-0.2, -0.15) is 0 Å². The summed E-state index contributed by atoms with van der Waals surface area (Å²) in [6.07, 6.45) is 0.00235. The fraction of sp³-hybridized carbons (Fsp3) is 0.483. The number of nitrogens with zero attached hydrogens (tertiary/aromatic N) is 1. The maximum absolute atomic E-state index is 14.0. The van der Waals surface area contributed by atoms with Crippen LogP contribution < -0.4 is 10.6 Å². The quantitative estimate of drug-likeness (QED) is 0.462. The summed E-state index contributed by atoms with van der Waals surface area (Å²) in [5.41, 5.74) is 2.60. The minimum atomic E-state index is -0.881. The van der Waals surface area contributed by atoms with Crippen molar-refractivity contribution in [1.82, 2.24) is 10.2 Å². The predicted molar refractivity (Wildman–Crippen MR) is 144 cm³/mol. The molecule has 2 N–H and O–H groups in total. The van der Waals surface area contributed by atoms with Gasteiger partial charge in [-0.05, 0) is 64.7 Å². The van der Waals surface area contributed by atoms with E-state index in [1.807, 2.05) is 83.1 Å². The number of carbonyl (C=O) groups excluding carboxylic acids is 3. The van der Waals surface area contributed by atoms with Gasteiger partial charge < -0.3 is 20.3 Å². The molecular formula is C29H41N3O4. The highest BCUT2D eigenvalue weighted by Gasteiger charge is 2.37. The Balaban J connectivity index is 2.48. The zero-order valence-corrected chi connectivity index (χ0v) is 22.8. The van der Waals surface area contributed by atoms with Gasteiger partial charge in [-0.25, -0.2) is 4.79 Å². The third kappa shape index (κ3) is 7.83. The highest BCUT2D eigenvalue weighted by Crippen LogP contribution is 2.27. The first-order chi connectivity index (χ1) is 16.9. The first-order valence-corrected chi connectivity index (χ1v) is 12.6. The topological polar surface area (TPSA) is 87.7 Å². The fourth-order valence-electron chi connectivity index (χ4n) is 3.99. The summed E-state index contributed by atoms with van der Waals surface area (Å²) in [7, 11) is 0. The second-order valence-corrected chi connectivity index (χ2v) is 10.3. The molecule has 0 heterocycles. The molecule has 3 unspecified atom stereocenters. The molecule has 0 fully saturated rings. The molecule has 3 atom stereocenters. The smallest absolute Gasteiger partial charge is 0.408 e. The summed E-state index contributed by atoms with van der Waals surface area (Å²) in [6, 6.07) is 13.4. The Bertz CT molecular complexity index is 1060. The monoisotopic (exact) mass is 495 g/mol. The molecule has 196 valence electrons. The molecule has 0 aromatic heterocycles. The van der Waals surface area contributed by atoms with Crippen LogP contribution in [0.15, 0.2) is 48.5 Å². The lowest BCUT2D eigenvalue weighted by molar-refractivity contribution is -0.141. The number of carbonyl (C=O) groups is 3. The normalized spacial score (nSPS) is 13.8. The number of hydrogen-bond acceptors (Lipinski definition) is 4. The Morgan fingerprint density at radius 2 is 1.67 bits per heavy atom. The van der Waals surface area contributed by atoms with Gasteiger partial charge in [0.05, 0.1) is 0 Å². The van der Waals surface area contributed by atoms with Crippen LogP contribution in [0.3, 0.4) is 0 Å². The minimum Gasteiger partial charge on any atom is -0.444 e. The fourth-order valence-corrected chi connectivity index (χ4v) is 3.99. The van der Waals surface area contributed by atoms with Gasteiger partial charge in [0, 0.05) is 12.2 Å². The molecule has 0 aliphatic rings. The summed E-state index contributed by atoms with van der Waals surface area (Å²) >= 11 is 0. The van der Waals surface area contributed by atoms with Crippen molar-refractivity contribution in [3.63, 3.8) is 0 Å². The van der Waals surface area contributed by atoms with E-state index >= 15 is 0 Å². The van der Waals surface area contributed by atoms with E-state index in [2.05, 4.69) is 10.6 Å². The van der Waals surface area contributed by atoms with Gasteiger partial charge in [0.2, 0.25) is 5.91 Å². The average Bonchev–Trinajstić information content (AvgIpc) is 2.80. The standard InChI is InChI=1S/C29H41N3O4/c1-9-20(4)24(31-28(35)36-29(6,7)8)27(34)32(10-2)25(22-16-13-14-19(3)18-22)26(33)30-23-17-12-11-15-21(23)5/h11-18,20,24-25H,9-10H2,1-8H3,(H,30,33)(H,31,35). The molecule has 7 heteroatoms. The Kier molecular flexibility index (Phi) is 10.1. The second-order valence-electron chi connectivity index (χ2n) is 10.3. The average molecular weight is 496 g/mol. The van der Waals surface area contributed by atoms with Gasteiger partial charge in [0.25, 0.3) is 5.91 Å². The molecular weight excluding hydrogens is 454 g/mol. The number of alkyl carbamates (subject to hydrolysis) is 1. The van der Waals surface area contributed by atoms with Gasteiger partial charge in [-0.1, -0.05) is 68.3 Å². The molecule has 0 saturated heterocycles. The number of aryl methyl sites for hydroxylation is 2. The lowest BCUT2D eigenvalue weighted by atomic mass is 9.95. The van der Waals surface area contributed by atoms with Gasteiger partial charge >= 0.3 is 6.09 Å². The van der Waals surface area contributed by atoms with Crippen LogP contribution in [0.25, 0.3) is 0 Å². The number of hydrogen-bond donors (Lipinski definition) is 2. The van der Waals surface area contributed by atoms with Crippen LogP contribution in [-0.4, -0.2) is 41.0 Å². The van der Waals surface area contributed by atoms with E-state index in [0.29, 0.717) is 17.7 Å². The summed E-state index contributed by atoms with van der Waals surface area (Å²) < 4.78 is 5.43. The number of likely N-dealkylation sites (N-methyl/N-ethyl adjacent to an activating group) is 1. The van der Waals surface area contributed by atoms with Crippen molar-refractivity contribution in [2.24, 2.45) is 5.92 Å². The summed E-state index contributed by atoms with van der Waals surface area (Å²) in [6.45, 7) is 15.2. The first-order valence-electron chi connectivity index (χ1n) is 12.6. The van der Waals surface area contributed by atoms with Gasteiger partial charge in [-0.3, -0.25) is 9.59 Å². The van der Waals surface area contributed by atoms with E-state index in [4.69, 9.17) is 4.74 Å². The predicted octanol–water partition coefficient (Wildman–Crippen LogP) is 5.77. The number of benzene rings is 2. The van der Waals surface area contributed by atoms with Gasteiger partial charge in [-0.15, -0.1) is 0 Å². The number of ether oxygens (including phenoxy) is 1. The lowest BCUT2D eigenvalue weighted by Gasteiger charge is -2.35. The second kappa shape index (κ2) is 12.6. The molecule has 36 heavy (non-hydrogen) atoms. The van der Waals surface area contributed by atoms with E-state index < -0.39 is 23.8 Å². The third-order valence-electron chi connectivity index (χ3n) is 6.10. The molecule has 0 spiro atoms. The number of rotatable bonds is 9. The zero-order chi connectivity index (χ0) is 27.0. The molecule has 0 saturated carbocycles. The molecule has 0 aliphatic heterocycles. The Hall–Kier alpha value is -3.35. The van der Waals surface area contributed by atoms with E-state index in [9.17, 15) is 14.4 Å². The summed E-state index contributed by atoms with van der Waals surface area (Å²) in [4.78, 5) is 41.9. The Morgan fingerprint density at radius 1 is 1.00 bits per heavy atom. The number of para-hydroxylation sites is 1. The lowest BCUT2D eigenvalue weighted by Crippen LogP contribution is -2.54. The van der Waals surface area contributed by atoms with E-state index in [-0.39, 0.29) is 24.3 Å². The number of nitrogens with one attached hydrogen (secondary N) is 2. The molecule has 2 aromatic rings. The molecule has 2 aromatic carbocycles. The van der Waals surface area contributed by atoms with Crippen LogP contribution in [0.2, 0.25) is 0 Å².